The average Bonchev–Trinajstić information content (AvgIpc) is 2.79. The maximum absolute atomic E-state index is 12.7. The molecule has 192 valence electrons. The first-order chi connectivity index (χ1) is 17.5. The molecule has 0 amide bonds. The monoisotopic (exact) mass is 530 g/mol. The highest BCUT2D eigenvalue weighted by molar-refractivity contribution is 7.92. The molecule has 0 aliphatic carbocycles. The van der Waals surface area contributed by atoms with E-state index in [0.29, 0.717) is 29.0 Å². The van der Waals surface area contributed by atoms with Crippen molar-refractivity contribution in [3.63, 3.8) is 0 Å². The Labute approximate surface area is 210 Å². The Bertz CT molecular complexity index is 1510. The molecule has 0 bridgehead atoms. The van der Waals surface area contributed by atoms with E-state index >= 15 is 0 Å². The minimum absolute atomic E-state index is 0.138. The van der Waals surface area contributed by atoms with Crippen LogP contribution in [0.3, 0.4) is 0 Å². The first-order valence-corrected chi connectivity index (χ1v) is 12.3. The number of anilines is 5. The summed E-state index contributed by atoms with van der Waals surface area (Å²) in [6.45, 7) is 3.68. The molecular weight excluding hydrogens is 509 g/mol. The first-order valence-electron chi connectivity index (χ1n) is 10.8. The van der Waals surface area contributed by atoms with Gasteiger partial charge in [-0.2, -0.15) is 0 Å². The fraction of sp³-hybridized carbons (Fsp3) is 0.125. The van der Waals surface area contributed by atoms with Gasteiger partial charge in [0.05, 0.1) is 0 Å². The Morgan fingerprint density at radius 3 is 2.14 bits per heavy atom. The third kappa shape index (κ3) is 7.07. The molecule has 0 saturated heterocycles. The van der Waals surface area contributed by atoms with Crippen molar-refractivity contribution in [1.29, 1.82) is 0 Å². The molecule has 2 heterocycles. The van der Waals surface area contributed by atoms with E-state index in [9.17, 15) is 21.6 Å². The largest absolute Gasteiger partial charge is 0.573 e. The lowest BCUT2D eigenvalue weighted by molar-refractivity contribution is -0.275. The molecule has 0 fully saturated rings. The van der Waals surface area contributed by atoms with E-state index in [4.69, 9.17) is 0 Å². The number of aromatic nitrogens is 3. The van der Waals surface area contributed by atoms with Gasteiger partial charge in [-0.15, -0.1) is 13.2 Å². The lowest BCUT2D eigenvalue weighted by Gasteiger charge is -2.15. The van der Waals surface area contributed by atoms with Crippen molar-refractivity contribution in [3.8, 4) is 5.75 Å². The van der Waals surface area contributed by atoms with Gasteiger partial charge < -0.3 is 15.4 Å². The molecule has 0 aliphatic heterocycles. The number of hydrogen-bond donors (Lipinski definition) is 3. The molecule has 0 aliphatic rings. The zero-order chi connectivity index (χ0) is 26.6. The van der Waals surface area contributed by atoms with Crippen LogP contribution in [0, 0.1) is 13.8 Å². The topological polar surface area (TPSA) is 118 Å². The van der Waals surface area contributed by atoms with E-state index in [-0.39, 0.29) is 5.69 Å². The zero-order valence-corrected chi connectivity index (χ0v) is 20.4. The maximum Gasteiger partial charge on any atom is 0.573 e. The molecule has 0 spiro atoms. The van der Waals surface area contributed by atoms with Crippen LogP contribution in [0.25, 0.3) is 0 Å². The van der Waals surface area contributed by atoms with Crippen molar-refractivity contribution >= 4 is 38.9 Å². The van der Waals surface area contributed by atoms with Crippen LogP contribution in [0.4, 0.5) is 42.0 Å². The van der Waals surface area contributed by atoms with Gasteiger partial charge in [0.1, 0.15) is 33.9 Å². The predicted molar refractivity (Wildman–Crippen MR) is 133 cm³/mol. The van der Waals surface area contributed by atoms with Gasteiger partial charge in [0, 0.05) is 23.6 Å². The number of aryl methyl sites for hydroxylation is 2. The predicted octanol–water partition coefficient (Wildman–Crippen LogP) is 5.68. The van der Waals surface area contributed by atoms with Crippen LogP contribution in [0.1, 0.15) is 11.4 Å². The smallest absolute Gasteiger partial charge is 0.404 e. The van der Waals surface area contributed by atoms with Crippen LogP contribution >= 0.6 is 0 Å². The Morgan fingerprint density at radius 1 is 0.811 bits per heavy atom. The van der Waals surface area contributed by atoms with Gasteiger partial charge in [0.25, 0.3) is 10.0 Å². The van der Waals surface area contributed by atoms with Gasteiger partial charge in [-0.3, -0.25) is 4.72 Å². The van der Waals surface area contributed by atoms with Crippen molar-refractivity contribution in [3.05, 3.63) is 84.3 Å². The van der Waals surface area contributed by atoms with Gasteiger partial charge >= 0.3 is 6.36 Å². The second-order valence-electron chi connectivity index (χ2n) is 7.83. The number of nitrogens with one attached hydrogen (secondary N) is 3. The van der Waals surface area contributed by atoms with E-state index in [1.807, 2.05) is 19.1 Å². The van der Waals surface area contributed by atoms with Gasteiger partial charge in [0.2, 0.25) is 0 Å². The van der Waals surface area contributed by atoms with Gasteiger partial charge in [-0.05, 0) is 67.9 Å². The van der Waals surface area contributed by atoms with Crippen molar-refractivity contribution in [2.45, 2.75) is 25.1 Å². The molecule has 2 aromatic carbocycles. The number of halogens is 3. The molecule has 2 aromatic heterocycles. The fourth-order valence-electron chi connectivity index (χ4n) is 3.29. The fourth-order valence-corrected chi connectivity index (χ4v) is 4.48. The summed E-state index contributed by atoms with van der Waals surface area (Å²) in [6, 6.07) is 16.0. The van der Waals surface area contributed by atoms with Crippen molar-refractivity contribution in [2.24, 2.45) is 0 Å². The zero-order valence-electron chi connectivity index (χ0n) is 19.5. The van der Waals surface area contributed by atoms with E-state index in [0.717, 1.165) is 17.7 Å². The van der Waals surface area contributed by atoms with Crippen molar-refractivity contribution in [1.82, 2.24) is 15.0 Å². The van der Waals surface area contributed by atoms with Crippen LogP contribution in [0.2, 0.25) is 0 Å². The van der Waals surface area contributed by atoms with E-state index < -0.39 is 27.0 Å². The standard InChI is InChI=1S/C24H21F3N6O3S/c1-15-11-12-28-21(13-15)32-23-14-22(29-16(2)30-23)31-17-7-9-18(10-8-17)33-37(34,35)20-6-4-3-5-19(20)36-24(25,26)27/h3-14,33H,1-2H3,(H2,28,29,30,31,32). The molecular formula is C24H21F3N6O3S. The number of sulfonamides is 1. The Balaban J connectivity index is 1.48. The number of rotatable bonds is 8. The molecule has 13 heteroatoms. The summed E-state index contributed by atoms with van der Waals surface area (Å²) in [5.74, 6) is 1.31. The summed E-state index contributed by atoms with van der Waals surface area (Å²) in [7, 11) is -4.36. The summed E-state index contributed by atoms with van der Waals surface area (Å²) < 4.78 is 69.6. The normalized spacial score (nSPS) is 11.6. The van der Waals surface area contributed by atoms with E-state index in [1.165, 1.54) is 24.3 Å². The number of benzene rings is 2. The van der Waals surface area contributed by atoms with E-state index in [1.54, 1.807) is 31.3 Å². The van der Waals surface area contributed by atoms with Gasteiger partial charge in [-0.25, -0.2) is 23.4 Å². The van der Waals surface area contributed by atoms with E-state index in [2.05, 4.69) is 35.0 Å². The Morgan fingerprint density at radius 2 is 1.46 bits per heavy atom. The summed E-state index contributed by atoms with van der Waals surface area (Å²) in [6.07, 6.45) is -3.35. The van der Waals surface area contributed by atoms with Crippen molar-refractivity contribution < 1.29 is 26.3 Å². The molecule has 4 aromatic rings. The number of nitrogens with zero attached hydrogens (tertiary/aromatic N) is 3. The lowest BCUT2D eigenvalue weighted by atomic mass is 10.3. The molecule has 37 heavy (non-hydrogen) atoms. The average molecular weight is 531 g/mol. The third-order valence-electron chi connectivity index (χ3n) is 4.78. The minimum Gasteiger partial charge on any atom is -0.404 e. The number of ether oxygens (including phenoxy) is 1. The molecule has 0 atom stereocenters. The number of alkyl halides is 3. The molecule has 3 N–H and O–H groups in total. The molecule has 0 unspecified atom stereocenters. The number of hydrogen-bond acceptors (Lipinski definition) is 8. The SMILES string of the molecule is Cc1ccnc(Nc2cc(Nc3ccc(NS(=O)(=O)c4ccccc4OC(F)(F)F)cc3)nc(C)n2)c1. The van der Waals surface area contributed by atoms with Crippen molar-refractivity contribution in [2.75, 3.05) is 15.4 Å². The quantitative estimate of drug-likeness (QED) is 0.267. The first kappa shape index (κ1) is 25.7. The van der Waals surface area contributed by atoms with Crippen LogP contribution in [-0.2, 0) is 10.0 Å². The second-order valence-corrected chi connectivity index (χ2v) is 9.48. The number of para-hydroxylation sites is 1. The lowest BCUT2D eigenvalue weighted by Crippen LogP contribution is -2.20. The second kappa shape index (κ2) is 10.3. The molecule has 0 saturated carbocycles. The summed E-state index contributed by atoms with van der Waals surface area (Å²) >= 11 is 0. The highest BCUT2D eigenvalue weighted by Gasteiger charge is 2.34. The molecule has 9 nitrogen and oxygen atoms in total. The summed E-state index contributed by atoms with van der Waals surface area (Å²) in [5.41, 5.74) is 1.76. The van der Waals surface area contributed by atoms with Crippen LogP contribution in [0.5, 0.6) is 5.75 Å². The summed E-state index contributed by atoms with van der Waals surface area (Å²) in [5, 5.41) is 6.23. The van der Waals surface area contributed by atoms with Gasteiger partial charge in [0.15, 0.2) is 0 Å². The highest BCUT2D eigenvalue weighted by atomic mass is 32.2. The van der Waals surface area contributed by atoms with Crippen LogP contribution < -0.4 is 20.1 Å². The Hall–Kier alpha value is -4.39. The van der Waals surface area contributed by atoms with Gasteiger partial charge in [-0.1, -0.05) is 12.1 Å². The van der Waals surface area contributed by atoms with Crippen LogP contribution in [-0.4, -0.2) is 29.7 Å². The third-order valence-corrected chi connectivity index (χ3v) is 6.20. The van der Waals surface area contributed by atoms with Crippen LogP contribution in [0.15, 0.2) is 77.8 Å². The minimum atomic E-state index is -5.04. The summed E-state index contributed by atoms with van der Waals surface area (Å²) in [4.78, 5) is 12.3. The number of pyridine rings is 1. The Kier molecular flexibility index (Phi) is 7.16. The maximum atomic E-state index is 12.7. The molecule has 4 rings (SSSR count). The molecule has 0 radical (unpaired) electrons. The highest BCUT2D eigenvalue weighted by Crippen LogP contribution is 2.31.